The zero-order chi connectivity index (χ0) is 17.3. The van der Waals surface area contributed by atoms with E-state index in [1.54, 1.807) is 18.2 Å². The van der Waals surface area contributed by atoms with Crippen LogP contribution in [0.3, 0.4) is 0 Å². The van der Waals surface area contributed by atoms with Gasteiger partial charge in [0, 0.05) is 17.1 Å². The summed E-state index contributed by atoms with van der Waals surface area (Å²) < 4.78 is 1.86. The number of hydrogen-bond acceptors (Lipinski definition) is 3. The molecule has 3 aromatic rings. The first-order valence-electron chi connectivity index (χ1n) is 7.88. The van der Waals surface area contributed by atoms with Gasteiger partial charge in [0.1, 0.15) is 5.69 Å². The van der Waals surface area contributed by atoms with E-state index in [9.17, 15) is 9.59 Å². The van der Waals surface area contributed by atoms with Crippen LogP contribution in [0.5, 0.6) is 0 Å². The first-order valence-corrected chi connectivity index (χ1v) is 7.88. The Labute approximate surface area is 139 Å². The molecule has 1 atom stereocenters. The maximum atomic E-state index is 12.4. The van der Waals surface area contributed by atoms with Crippen molar-refractivity contribution in [1.29, 1.82) is 0 Å². The predicted molar refractivity (Wildman–Crippen MR) is 93.2 cm³/mol. The van der Waals surface area contributed by atoms with E-state index in [4.69, 9.17) is 0 Å². The zero-order valence-corrected chi connectivity index (χ0v) is 14.0. The van der Waals surface area contributed by atoms with Crippen molar-refractivity contribution in [3.05, 3.63) is 63.8 Å². The SMILES string of the molecule is Cc1cc(C)n(C[C@H](C)NC(=O)c2cc3ccccc3c(=O)[nH]2)n1. The number of carbonyl (C=O) groups excluding carboxylic acids is 1. The number of pyridine rings is 1. The van der Waals surface area contributed by atoms with Gasteiger partial charge in [-0.25, -0.2) is 0 Å². The second-order valence-electron chi connectivity index (χ2n) is 6.08. The molecule has 24 heavy (non-hydrogen) atoms. The summed E-state index contributed by atoms with van der Waals surface area (Å²) in [5.41, 5.74) is 2.00. The van der Waals surface area contributed by atoms with Crippen molar-refractivity contribution in [3.63, 3.8) is 0 Å². The van der Waals surface area contributed by atoms with E-state index in [1.807, 2.05) is 43.7 Å². The number of fused-ring (bicyclic) bond motifs is 1. The molecule has 0 saturated carbocycles. The quantitative estimate of drug-likeness (QED) is 0.772. The monoisotopic (exact) mass is 324 g/mol. The van der Waals surface area contributed by atoms with Gasteiger partial charge in [-0.1, -0.05) is 18.2 Å². The number of amides is 1. The Hall–Kier alpha value is -2.89. The van der Waals surface area contributed by atoms with Crippen molar-refractivity contribution in [1.82, 2.24) is 20.1 Å². The van der Waals surface area contributed by atoms with Crippen LogP contribution in [0.25, 0.3) is 10.8 Å². The van der Waals surface area contributed by atoms with Gasteiger partial charge in [-0.15, -0.1) is 0 Å². The summed E-state index contributed by atoms with van der Waals surface area (Å²) in [5.74, 6) is -0.299. The maximum Gasteiger partial charge on any atom is 0.268 e. The van der Waals surface area contributed by atoms with Crippen LogP contribution in [0.15, 0.2) is 41.2 Å². The first kappa shape index (κ1) is 16.0. The van der Waals surface area contributed by atoms with E-state index >= 15 is 0 Å². The minimum absolute atomic E-state index is 0.120. The number of nitrogens with one attached hydrogen (secondary N) is 2. The number of rotatable bonds is 4. The minimum Gasteiger partial charge on any atom is -0.346 e. The van der Waals surface area contributed by atoms with Crippen LogP contribution < -0.4 is 10.9 Å². The molecule has 0 fully saturated rings. The normalized spacial score (nSPS) is 12.3. The molecule has 0 aliphatic carbocycles. The summed E-state index contributed by atoms with van der Waals surface area (Å²) in [6, 6.07) is 10.8. The summed E-state index contributed by atoms with van der Waals surface area (Å²) in [6.45, 7) is 6.40. The van der Waals surface area contributed by atoms with Crippen LogP contribution in [-0.4, -0.2) is 26.7 Å². The molecule has 0 aliphatic heterocycles. The third kappa shape index (κ3) is 3.22. The van der Waals surface area contributed by atoms with Gasteiger partial charge in [-0.2, -0.15) is 5.10 Å². The number of aromatic amines is 1. The lowest BCUT2D eigenvalue weighted by Gasteiger charge is -2.15. The topological polar surface area (TPSA) is 79.8 Å². The minimum atomic E-state index is -0.299. The fourth-order valence-electron chi connectivity index (χ4n) is 2.80. The molecule has 6 heteroatoms. The average molecular weight is 324 g/mol. The average Bonchev–Trinajstić information content (AvgIpc) is 2.84. The Bertz CT molecular complexity index is 955. The highest BCUT2D eigenvalue weighted by atomic mass is 16.2. The summed E-state index contributed by atoms with van der Waals surface area (Å²) in [7, 11) is 0. The molecule has 1 aromatic carbocycles. The Kier molecular flexibility index (Phi) is 4.20. The van der Waals surface area contributed by atoms with E-state index in [1.165, 1.54) is 0 Å². The van der Waals surface area contributed by atoms with Gasteiger partial charge in [0.05, 0.1) is 12.2 Å². The molecule has 0 aliphatic rings. The van der Waals surface area contributed by atoms with Crippen LogP contribution in [0.1, 0.15) is 28.8 Å². The predicted octanol–water partition coefficient (Wildman–Crippen LogP) is 2.16. The van der Waals surface area contributed by atoms with Crippen LogP contribution in [0.4, 0.5) is 0 Å². The molecule has 0 bridgehead atoms. The molecule has 0 saturated heterocycles. The summed E-state index contributed by atoms with van der Waals surface area (Å²) >= 11 is 0. The standard InChI is InChI=1S/C18H20N4O2/c1-11-8-13(3)22(21-11)10-12(2)19-18(24)16-9-14-6-4-5-7-15(14)17(23)20-16/h4-9,12H,10H2,1-3H3,(H,19,24)(H,20,23)/t12-/m0/s1. The van der Waals surface area contributed by atoms with Gasteiger partial charge in [-0.3, -0.25) is 14.3 Å². The summed E-state index contributed by atoms with van der Waals surface area (Å²) in [6.07, 6.45) is 0. The molecule has 2 heterocycles. The maximum absolute atomic E-state index is 12.4. The lowest BCUT2D eigenvalue weighted by molar-refractivity contribution is 0.0930. The fourth-order valence-corrected chi connectivity index (χ4v) is 2.80. The van der Waals surface area contributed by atoms with E-state index in [2.05, 4.69) is 15.4 Å². The van der Waals surface area contributed by atoms with Crippen LogP contribution in [-0.2, 0) is 6.54 Å². The van der Waals surface area contributed by atoms with Gasteiger partial charge in [0.25, 0.3) is 11.5 Å². The Morgan fingerprint density at radius 1 is 1.29 bits per heavy atom. The fraction of sp³-hybridized carbons (Fsp3) is 0.278. The van der Waals surface area contributed by atoms with Crippen molar-refractivity contribution >= 4 is 16.7 Å². The second-order valence-corrected chi connectivity index (χ2v) is 6.08. The van der Waals surface area contributed by atoms with Gasteiger partial charge in [-0.05, 0) is 44.4 Å². The molecule has 0 unspecified atom stereocenters. The number of carbonyl (C=O) groups is 1. The third-order valence-corrected chi connectivity index (χ3v) is 3.93. The number of hydrogen-bond donors (Lipinski definition) is 2. The summed E-state index contributed by atoms with van der Waals surface area (Å²) in [4.78, 5) is 27.1. The van der Waals surface area contributed by atoms with Crippen molar-refractivity contribution in [3.8, 4) is 0 Å². The highest BCUT2D eigenvalue weighted by Crippen LogP contribution is 2.10. The lowest BCUT2D eigenvalue weighted by atomic mass is 10.1. The van der Waals surface area contributed by atoms with E-state index in [0.29, 0.717) is 11.9 Å². The zero-order valence-electron chi connectivity index (χ0n) is 14.0. The van der Waals surface area contributed by atoms with Crippen LogP contribution in [0, 0.1) is 13.8 Å². The molecule has 2 N–H and O–H groups in total. The molecular formula is C18H20N4O2. The van der Waals surface area contributed by atoms with Gasteiger partial charge >= 0.3 is 0 Å². The van der Waals surface area contributed by atoms with Crippen molar-refractivity contribution in [2.45, 2.75) is 33.4 Å². The van der Waals surface area contributed by atoms with Gasteiger partial charge in [0.15, 0.2) is 0 Å². The number of benzene rings is 1. The Morgan fingerprint density at radius 3 is 2.75 bits per heavy atom. The van der Waals surface area contributed by atoms with Crippen LogP contribution >= 0.6 is 0 Å². The number of nitrogens with zero attached hydrogens (tertiary/aromatic N) is 2. The highest BCUT2D eigenvalue weighted by Gasteiger charge is 2.14. The Balaban J connectivity index is 1.77. The first-order chi connectivity index (χ1) is 11.4. The molecule has 6 nitrogen and oxygen atoms in total. The molecule has 2 aromatic heterocycles. The van der Waals surface area contributed by atoms with Gasteiger partial charge in [0.2, 0.25) is 0 Å². The highest BCUT2D eigenvalue weighted by molar-refractivity contribution is 5.96. The number of H-pyrrole nitrogens is 1. The number of aromatic nitrogens is 3. The third-order valence-electron chi connectivity index (χ3n) is 3.93. The molecular weight excluding hydrogens is 304 g/mol. The van der Waals surface area contributed by atoms with E-state index in [0.717, 1.165) is 16.8 Å². The molecule has 3 rings (SSSR count). The van der Waals surface area contributed by atoms with Gasteiger partial charge < -0.3 is 10.3 Å². The molecule has 124 valence electrons. The summed E-state index contributed by atoms with van der Waals surface area (Å²) in [5, 5.41) is 8.62. The van der Waals surface area contributed by atoms with Crippen LogP contribution in [0.2, 0.25) is 0 Å². The smallest absolute Gasteiger partial charge is 0.268 e. The molecule has 0 radical (unpaired) electrons. The van der Waals surface area contributed by atoms with Crippen molar-refractivity contribution in [2.75, 3.05) is 0 Å². The molecule has 0 spiro atoms. The van der Waals surface area contributed by atoms with E-state index < -0.39 is 0 Å². The largest absolute Gasteiger partial charge is 0.346 e. The van der Waals surface area contributed by atoms with E-state index in [-0.39, 0.29) is 23.2 Å². The van der Waals surface area contributed by atoms with Crippen molar-refractivity contribution in [2.24, 2.45) is 0 Å². The lowest BCUT2D eigenvalue weighted by Crippen LogP contribution is -2.37. The second kappa shape index (κ2) is 6.31. The molecule has 1 amide bonds. The number of aryl methyl sites for hydroxylation is 2. The van der Waals surface area contributed by atoms with Crippen molar-refractivity contribution < 1.29 is 4.79 Å². The Morgan fingerprint density at radius 2 is 2.04 bits per heavy atom.